The van der Waals surface area contributed by atoms with Crippen molar-refractivity contribution in [3.8, 4) is 0 Å². The average molecular weight is 188 g/mol. The molecule has 1 atom stereocenters. The van der Waals surface area contributed by atoms with Gasteiger partial charge in [0.1, 0.15) is 0 Å². The van der Waals surface area contributed by atoms with Gasteiger partial charge in [0.2, 0.25) is 6.10 Å². The minimum Gasteiger partial charge on any atom is -0.758 e. The molecule has 70 valence electrons. The van der Waals surface area contributed by atoms with Gasteiger partial charge in [-0.3, -0.25) is 0 Å². The Bertz CT molecular complexity index is 407. The lowest BCUT2D eigenvalue weighted by atomic mass is 10.1. The summed E-state index contributed by atoms with van der Waals surface area (Å²) in [6, 6.07) is 9.39. The van der Waals surface area contributed by atoms with E-state index in [2.05, 4.69) is 0 Å². The first kappa shape index (κ1) is 8.66. The minimum atomic E-state index is -0.316. The first-order chi connectivity index (χ1) is 6.81. The van der Waals surface area contributed by atoms with E-state index >= 15 is 0 Å². The zero-order valence-electron chi connectivity index (χ0n) is 7.38. The number of benzene rings is 1. The van der Waals surface area contributed by atoms with Crippen LogP contribution in [0, 0.1) is 4.91 Å². The number of rotatable bonds is 1. The van der Waals surface area contributed by atoms with E-state index < -0.39 is 0 Å². The molecule has 1 aliphatic heterocycles. The van der Waals surface area contributed by atoms with Gasteiger partial charge in [-0.05, 0) is 0 Å². The lowest BCUT2D eigenvalue weighted by Crippen LogP contribution is -1.99. The molecule has 4 nitrogen and oxygen atoms in total. The Hall–Kier alpha value is -1.93. The van der Waals surface area contributed by atoms with Gasteiger partial charge >= 0.3 is 5.70 Å². The van der Waals surface area contributed by atoms with Crippen molar-refractivity contribution in [3.05, 3.63) is 51.9 Å². The molecule has 0 spiro atoms. The summed E-state index contributed by atoms with van der Waals surface area (Å²) < 4.78 is 0. The van der Waals surface area contributed by atoms with Crippen molar-refractivity contribution in [2.45, 2.75) is 12.5 Å². The SMILES string of the molecule is [N-]=C=C1CC(c2ccccc2)O[N+]1=O. The molecular formula is C10H8N2O2. The largest absolute Gasteiger partial charge is 0.758 e. The fourth-order valence-corrected chi connectivity index (χ4v) is 1.40. The summed E-state index contributed by atoms with van der Waals surface area (Å²) in [4.78, 5) is 16.3. The molecular weight excluding hydrogens is 180 g/mol. The molecule has 2 rings (SSSR count). The minimum absolute atomic E-state index is 0.124. The third-order valence-corrected chi connectivity index (χ3v) is 2.12. The highest BCUT2D eigenvalue weighted by Gasteiger charge is 2.38. The Labute approximate surface area is 80.9 Å². The van der Waals surface area contributed by atoms with Gasteiger partial charge in [0.15, 0.2) is 0 Å². The summed E-state index contributed by atoms with van der Waals surface area (Å²) >= 11 is 0. The van der Waals surface area contributed by atoms with Gasteiger partial charge in [-0.2, -0.15) is 5.87 Å². The van der Waals surface area contributed by atoms with Gasteiger partial charge in [0.25, 0.3) is 4.92 Å². The van der Waals surface area contributed by atoms with Crippen LogP contribution in [0.25, 0.3) is 5.41 Å². The third kappa shape index (κ3) is 1.43. The first-order valence-corrected chi connectivity index (χ1v) is 4.26. The molecule has 0 N–H and O–H groups in total. The summed E-state index contributed by atoms with van der Waals surface area (Å²) in [5.74, 6) is 1.82. The van der Waals surface area contributed by atoms with Crippen molar-refractivity contribution in [3.63, 3.8) is 0 Å². The van der Waals surface area contributed by atoms with Gasteiger partial charge in [-0.1, -0.05) is 30.3 Å². The highest BCUT2D eigenvalue weighted by molar-refractivity contribution is 5.58. The van der Waals surface area contributed by atoms with E-state index in [1.165, 1.54) is 0 Å². The van der Waals surface area contributed by atoms with Gasteiger partial charge < -0.3 is 5.41 Å². The highest BCUT2D eigenvalue weighted by Crippen LogP contribution is 2.30. The van der Waals surface area contributed by atoms with E-state index in [1.54, 1.807) is 0 Å². The van der Waals surface area contributed by atoms with E-state index in [1.807, 2.05) is 36.2 Å². The number of nitrogens with zero attached hydrogens (tertiary/aromatic N) is 2. The van der Waals surface area contributed by atoms with E-state index in [0.29, 0.717) is 11.3 Å². The van der Waals surface area contributed by atoms with Crippen LogP contribution in [0.15, 0.2) is 36.0 Å². The van der Waals surface area contributed by atoms with Crippen LogP contribution in [-0.4, -0.2) is 10.8 Å². The smallest absolute Gasteiger partial charge is 0.317 e. The van der Waals surface area contributed by atoms with Crippen molar-refractivity contribution in [1.82, 2.24) is 0 Å². The lowest BCUT2D eigenvalue weighted by molar-refractivity contribution is -0.758. The fraction of sp³-hybridized carbons (Fsp3) is 0.200. The molecule has 1 heterocycles. The van der Waals surface area contributed by atoms with E-state index in [-0.39, 0.29) is 11.8 Å². The molecule has 0 aliphatic carbocycles. The second kappa shape index (κ2) is 3.44. The second-order valence-corrected chi connectivity index (χ2v) is 3.02. The third-order valence-electron chi connectivity index (χ3n) is 2.12. The maximum absolute atomic E-state index is 11.0. The maximum atomic E-state index is 11.0. The van der Waals surface area contributed by atoms with Crippen molar-refractivity contribution < 1.29 is 9.76 Å². The van der Waals surface area contributed by atoms with Crippen LogP contribution in [0.4, 0.5) is 0 Å². The molecule has 0 aromatic heterocycles. The quantitative estimate of drug-likeness (QED) is 0.632. The topological polar surface area (TPSA) is 51.6 Å². The lowest BCUT2D eigenvalue weighted by Gasteiger charge is -2.00. The molecule has 0 radical (unpaired) electrons. The summed E-state index contributed by atoms with van der Waals surface area (Å²) in [5, 5.41) is 8.59. The molecule has 0 saturated carbocycles. The number of hydrogen-bond acceptors (Lipinski definition) is 2. The molecule has 14 heavy (non-hydrogen) atoms. The van der Waals surface area contributed by atoms with Crippen molar-refractivity contribution in [1.29, 1.82) is 0 Å². The van der Waals surface area contributed by atoms with Gasteiger partial charge in [-0.25, -0.2) is 4.84 Å². The summed E-state index contributed by atoms with van der Waals surface area (Å²) in [6.07, 6.45) is 0.0349. The molecule has 0 bridgehead atoms. The molecule has 1 unspecified atom stereocenters. The molecule has 1 fully saturated rings. The summed E-state index contributed by atoms with van der Waals surface area (Å²) in [6.45, 7) is 0. The molecule has 1 aromatic carbocycles. The zero-order valence-corrected chi connectivity index (χ0v) is 7.38. The van der Waals surface area contributed by atoms with Crippen LogP contribution < -0.4 is 0 Å². The molecule has 1 saturated heterocycles. The predicted molar refractivity (Wildman–Crippen MR) is 50.4 cm³/mol. The molecule has 4 heteroatoms. The normalized spacial score (nSPS) is 20.4. The van der Waals surface area contributed by atoms with Crippen LogP contribution in [0.3, 0.4) is 0 Å². The van der Waals surface area contributed by atoms with Crippen LogP contribution in [-0.2, 0) is 4.84 Å². The van der Waals surface area contributed by atoms with Crippen molar-refractivity contribution >= 4 is 5.87 Å². The van der Waals surface area contributed by atoms with E-state index in [4.69, 9.17) is 10.2 Å². The average Bonchev–Trinajstić information content (AvgIpc) is 2.61. The molecule has 1 aromatic rings. The molecule has 1 aliphatic rings. The second-order valence-electron chi connectivity index (χ2n) is 3.02. The zero-order chi connectivity index (χ0) is 9.97. The summed E-state index contributed by atoms with van der Waals surface area (Å²) in [5.41, 5.74) is 1.04. The fourth-order valence-electron chi connectivity index (χ4n) is 1.40. The molecule has 0 amide bonds. The van der Waals surface area contributed by atoms with Crippen LogP contribution in [0.1, 0.15) is 18.1 Å². The number of hydrogen-bond donors (Lipinski definition) is 0. The van der Waals surface area contributed by atoms with Crippen LogP contribution in [0.5, 0.6) is 0 Å². The predicted octanol–water partition coefficient (Wildman–Crippen LogP) is 1.96. The van der Waals surface area contributed by atoms with E-state index in [0.717, 1.165) is 5.56 Å². The van der Waals surface area contributed by atoms with Gasteiger partial charge in [0.05, 0.1) is 11.3 Å². The van der Waals surface area contributed by atoms with Gasteiger partial charge in [-0.15, -0.1) is 0 Å². The summed E-state index contributed by atoms with van der Waals surface area (Å²) in [7, 11) is 0. The van der Waals surface area contributed by atoms with Crippen LogP contribution >= 0.6 is 0 Å². The maximum Gasteiger partial charge on any atom is 0.317 e. The Morgan fingerprint density at radius 2 is 2.14 bits per heavy atom. The Morgan fingerprint density at radius 3 is 2.71 bits per heavy atom. The van der Waals surface area contributed by atoms with Crippen molar-refractivity contribution in [2.75, 3.05) is 0 Å². The van der Waals surface area contributed by atoms with E-state index in [9.17, 15) is 4.91 Å². The standard InChI is InChI=1S/C10H8N2O2/c11-7-9-6-10(14-12(9)13)8-4-2-1-3-5-8/h1-5,10H,6H2. The Morgan fingerprint density at radius 1 is 1.43 bits per heavy atom. The van der Waals surface area contributed by atoms with Gasteiger partial charge in [0, 0.05) is 5.56 Å². The Balaban J connectivity index is 2.25. The monoisotopic (exact) mass is 188 g/mol. The Kier molecular flexibility index (Phi) is 2.13. The van der Waals surface area contributed by atoms with Crippen molar-refractivity contribution in [2.24, 2.45) is 0 Å². The highest BCUT2D eigenvalue weighted by atomic mass is 16.8. The first-order valence-electron chi connectivity index (χ1n) is 4.26. The van der Waals surface area contributed by atoms with Crippen LogP contribution in [0.2, 0.25) is 0 Å².